The molecule has 0 amide bonds. The minimum atomic E-state index is -0.895. The normalized spacial score (nSPS) is 20.1. The largest absolute Gasteiger partial charge is 0.478 e. The van der Waals surface area contributed by atoms with Crippen LogP contribution in [0.25, 0.3) is 5.52 Å². The summed E-state index contributed by atoms with van der Waals surface area (Å²) < 4.78 is 2.02. The van der Waals surface area contributed by atoms with Crippen LogP contribution in [0.5, 0.6) is 0 Å². The van der Waals surface area contributed by atoms with Crippen molar-refractivity contribution in [3.05, 3.63) is 35.9 Å². The van der Waals surface area contributed by atoms with Gasteiger partial charge < -0.3 is 9.51 Å². The summed E-state index contributed by atoms with van der Waals surface area (Å²) in [5, 5.41) is 8.97. The van der Waals surface area contributed by atoms with Crippen molar-refractivity contribution in [2.75, 3.05) is 11.5 Å². The second kappa shape index (κ2) is 4.65. The van der Waals surface area contributed by atoms with Crippen molar-refractivity contribution in [2.24, 2.45) is 0 Å². The summed E-state index contributed by atoms with van der Waals surface area (Å²) in [6.07, 6.45) is 5.99. The van der Waals surface area contributed by atoms with Crippen LogP contribution in [0, 0.1) is 0 Å². The zero-order valence-electron chi connectivity index (χ0n) is 9.87. The minimum absolute atomic E-state index is 0.312. The second-order valence-electron chi connectivity index (χ2n) is 4.55. The topological polar surface area (TPSA) is 54.6 Å². The molecule has 0 aromatic carbocycles. The number of fused-ring (bicyclic) bond motifs is 1. The molecule has 0 radical (unpaired) electrons. The van der Waals surface area contributed by atoms with Crippen molar-refractivity contribution in [3.63, 3.8) is 0 Å². The average Bonchev–Trinajstić information content (AvgIpc) is 2.82. The van der Waals surface area contributed by atoms with E-state index in [1.807, 2.05) is 22.4 Å². The van der Waals surface area contributed by atoms with Gasteiger partial charge in [-0.3, -0.25) is 0 Å². The van der Waals surface area contributed by atoms with Gasteiger partial charge in [-0.05, 0) is 30.7 Å². The molecule has 0 bridgehead atoms. The SMILES string of the molecule is O=C(O)c1ccn2c(C3CCCSC3)ncc2c1. The number of imidazole rings is 1. The zero-order chi connectivity index (χ0) is 12.5. The van der Waals surface area contributed by atoms with Gasteiger partial charge in [0.15, 0.2) is 0 Å². The van der Waals surface area contributed by atoms with Crippen molar-refractivity contribution in [3.8, 4) is 0 Å². The van der Waals surface area contributed by atoms with E-state index in [1.165, 1.54) is 18.6 Å². The third-order valence-corrected chi connectivity index (χ3v) is 4.55. The molecule has 1 unspecified atom stereocenters. The number of carboxylic acid groups (broad SMARTS) is 1. The molecule has 1 saturated heterocycles. The highest BCUT2D eigenvalue weighted by Gasteiger charge is 2.20. The molecule has 1 atom stereocenters. The molecule has 1 N–H and O–H groups in total. The van der Waals surface area contributed by atoms with E-state index in [9.17, 15) is 4.79 Å². The molecule has 94 valence electrons. The van der Waals surface area contributed by atoms with Gasteiger partial charge in [0.2, 0.25) is 0 Å². The summed E-state index contributed by atoms with van der Waals surface area (Å²) in [6.45, 7) is 0. The standard InChI is InChI=1S/C13H14N2O2S/c16-13(17)9-3-4-15-11(6-9)7-14-12(15)10-2-1-5-18-8-10/h3-4,6-7,10H,1-2,5,8H2,(H,16,17). The van der Waals surface area contributed by atoms with Crippen LogP contribution in [0.3, 0.4) is 0 Å². The Labute approximate surface area is 109 Å². The quantitative estimate of drug-likeness (QED) is 0.904. The molecule has 0 saturated carbocycles. The van der Waals surface area contributed by atoms with Gasteiger partial charge in [0, 0.05) is 17.9 Å². The van der Waals surface area contributed by atoms with Gasteiger partial charge in [-0.25, -0.2) is 9.78 Å². The maximum absolute atomic E-state index is 10.9. The highest BCUT2D eigenvalue weighted by molar-refractivity contribution is 7.99. The van der Waals surface area contributed by atoms with E-state index in [2.05, 4.69) is 4.98 Å². The lowest BCUT2D eigenvalue weighted by molar-refractivity contribution is 0.0697. The molecule has 0 aliphatic carbocycles. The Morgan fingerprint density at radius 1 is 1.56 bits per heavy atom. The van der Waals surface area contributed by atoms with E-state index in [0.717, 1.165) is 17.1 Å². The molecular weight excluding hydrogens is 248 g/mol. The predicted molar refractivity (Wildman–Crippen MR) is 71.5 cm³/mol. The molecular formula is C13H14N2O2S. The summed E-state index contributed by atoms with van der Waals surface area (Å²) in [5.74, 6) is 3.01. The Morgan fingerprint density at radius 3 is 3.17 bits per heavy atom. The zero-order valence-corrected chi connectivity index (χ0v) is 10.7. The molecule has 1 aliphatic heterocycles. The smallest absolute Gasteiger partial charge is 0.335 e. The van der Waals surface area contributed by atoms with Crippen LogP contribution in [0.4, 0.5) is 0 Å². The average molecular weight is 262 g/mol. The van der Waals surface area contributed by atoms with Crippen LogP contribution >= 0.6 is 11.8 Å². The Kier molecular flexibility index (Phi) is 2.99. The molecule has 2 aromatic heterocycles. The molecule has 2 aromatic rings. The van der Waals surface area contributed by atoms with Gasteiger partial charge in [0.05, 0.1) is 17.3 Å². The van der Waals surface area contributed by atoms with Crippen LogP contribution in [-0.2, 0) is 0 Å². The van der Waals surface area contributed by atoms with E-state index in [1.54, 1.807) is 18.3 Å². The predicted octanol–water partition coefficient (Wildman–Crippen LogP) is 2.64. The lowest BCUT2D eigenvalue weighted by atomic mass is 10.0. The Balaban J connectivity index is 2.01. The van der Waals surface area contributed by atoms with Crippen LogP contribution in [0.1, 0.15) is 34.9 Å². The van der Waals surface area contributed by atoms with Gasteiger partial charge in [0.1, 0.15) is 5.82 Å². The van der Waals surface area contributed by atoms with E-state index >= 15 is 0 Å². The fourth-order valence-electron chi connectivity index (χ4n) is 2.40. The van der Waals surface area contributed by atoms with E-state index in [0.29, 0.717) is 11.5 Å². The molecule has 4 nitrogen and oxygen atoms in total. The summed E-state index contributed by atoms with van der Waals surface area (Å²) in [5.41, 5.74) is 1.17. The number of rotatable bonds is 2. The first-order chi connectivity index (χ1) is 8.75. The molecule has 3 rings (SSSR count). The van der Waals surface area contributed by atoms with E-state index in [4.69, 9.17) is 5.11 Å². The number of hydrogen-bond acceptors (Lipinski definition) is 3. The maximum atomic E-state index is 10.9. The Hall–Kier alpha value is -1.49. The summed E-state index contributed by atoms with van der Waals surface area (Å²) >= 11 is 1.97. The van der Waals surface area contributed by atoms with Crippen LogP contribution < -0.4 is 0 Å². The molecule has 1 fully saturated rings. The van der Waals surface area contributed by atoms with Crippen molar-refractivity contribution in [2.45, 2.75) is 18.8 Å². The number of hydrogen-bond donors (Lipinski definition) is 1. The number of pyridine rings is 1. The van der Waals surface area contributed by atoms with Gasteiger partial charge in [-0.15, -0.1) is 0 Å². The molecule has 18 heavy (non-hydrogen) atoms. The fraction of sp³-hybridized carbons (Fsp3) is 0.385. The van der Waals surface area contributed by atoms with Crippen LogP contribution in [0.2, 0.25) is 0 Å². The number of aromatic nitrogens is 2. The van der Waals surface area contributed by atoms with Gasteiger partial charge in [0.25, 0.3) is 0 Å². The van der Waals surface area contributed by atoms with Gasteiger partial charge in [-0.1, -0.05) is 0 Å². The lowest BCUT2D eigenvalue weighted by Gasteiger charge is -2.20. The van der Waals surface area contributed by atoms with Crippen molar-refractivity contribution in [1.29, 1.82) is 0 Å². The highest BCUT2D eigenvalue weighted by atomic mass is 32.2. The van der Waals surface area contributed by atoms with Gasteiger partial charge >= 0.3 is 5.97 Å². The first-order valence-electron chi connectivity index (χ1n) is 6.04. The lowest BCUT2D eigenvalue weighted by Crippen LogP contribution is -2.12. The van der Waals surface area contributed by atoms with Crippen molar-refractivity contribution in [1.82, 2.24) is 9.38 Å². The second-order valence-corrected chi connectivity index (χ2v) is 5.70. The number of nitrogens with zero attached hydrogens (tertiary/aromatic N) is 2. The van der Waals surface area contributed by atoms with Crippen LogP contribution in [-0.4, -0.2) is 32.0 Å². The number of aromatic carboxylic acids is 1. The first-order valence-corrected chi connectivity index (χ1v) is 7.19. The number of thioether (sulfide) groups is 1. The van der Waals surface area contributed by atoms with E-state index < -0.39 is 5.97 Å². The molecule has 3 heterocycles. The fourth-order valence-corrected chi connectivity index (χ4v) is 3.54. The third-order valence-electron chi connectivity index (χ3n) is 3.33. The molecule has 0 spiro atoms. The monoisotopic (exact) mass is 262 g/mol. The first kappa shape index (κ1) is 11.6. The summed E-state index contributed by atoms with van der Waals surface area (Å²) in [4.78, 5) is 15.4. The third kappa shape index (κ3) is 1.99. The summed E-state index contributed by atoms with van der Waals surface area (Å²) in [7, 11) is 0. The minimum Gasteiger partial charge on any atom is -0.478 e. The molecule has 5 heteroatoms. The maximum Gasteiger partial charge on any atom is 0.335 e. The van der Waals surface area contributed by atoms with Gasteiger partial charge in [-0.2, -0.15) is 11.8 Å². The van der Waals surface area contributed by atoms with E-state index in [-0.39, 0.29) is 0 Å². The Bertz CT molecular complexity index is 588. The molecule has 1 aliphatic rings. The number of carboxylic acids is 1. The highest BCUT2D eigenvalue weighted by Crippen LogP contribution is 2.30. The van der Waals surface area contributed by atoms with Crippen molar-refractivity contribution < 1.29 is 9.90 Å². The van der Waals surface area contributed by atoms with Crippen LogP contribution in [0.15, 0.2) is 24.5 Å². The number of carbonyl (C=O) groups is 1. The van der Waals surface area contributed by atoms with Crippen molar-refractivity contribution >= 4 is 23.2 Å². The Morgan fingerprint density at radius 2 is 2.44 bits per heavy atom. The summed E-state index contributed by atoms with van der Waals surface area (Å²) in [6, 6.07) is 3.31.